The molecule has 5 nitrogen and oxygen atoms in total. The zero-order chi connectivity index (χ0) is 22.1. The Balaban J connectivity index is 1.81. The highest BCUT2D eigenvalue weighted by Crippen LogP contribution is 2.47. The van der Waals surface area contributed by atoms with Gasteiger partial charge in [-0.15, -0.1) is 12.6 Å². The third-order valence-electron chi connectivity index (χ3n) is 6.05. The van der Waals surface area contributed by atoms with Gasteiger partial charge < -0.3 is 10.4 Å². The second-order valence-electron chi connectivity index (χ2n) is 7.86. The second kappa shape index (κ2) is 8.12. The van der Waals surface area contributed by atoms with E-state index in [2.05, 4.69) is 35.1 Å². The van der Waals surface area contributed by atoms with Gasteiger partial charge in [-0.05, 0) is 29.1 Å². The molecule has 0 amide bonds. The molecule has 0 radical (unpaired) electrons. The molecule has 1 aliphatic rings. The summed E-state index contributed by atoms with van der Waals surface area (Å²) < 4.78 is 1.99. The van der Waals surface area contributed by atoms with Gasteiger partial charge >= 0.3 is 0 Å². The Labute approximate surface area is 191 Å². The summed E-state index contributed by atoms with van der Waals surface area (Å²) in [6.45, 7) is 0. The van der Waals surface area contributed by atoms with Crippen LogP contribution in [0.5, 0.6) is 0 Å². The number of nitrogens with one attached hydrogen (secondary N) is 1. The van der Waals surface area contributed by atoms with Gasteiger partial charge in [0.1, 0.15) is 0 Å². The van der Waals surface area contributed by atoms with Crippen LogP contribution in [0.15, 0.2) is 108 Å². The highest BCUT2D eigenvalue weighted by Gasteiger charge is 2.55. The number of nitrogens with zero attached hydrogens (tertiary/aromatic N) is 3. The molecule has 0 spiro atoms. The molecule has 3 heterocycles. The van der Waals surface area contributed by atoms with Gasteiger partial charge in [0.05, 0.1) is 22.6 Å². The Morgan fingerprint density at radius 3 is 2.38 bits per heavy atom. The van der Waals surface area contributed by atoms with Crippen molar-refractivity contribution in [3.63, 3.8) is 0 Å². The summed E-state index contributed by atoms with van der Waals surface area (Å²) in [5, 5.41) is 27.9. The van der Waals surface area contributed by atoms with Gasteiger partial charge in [-0.1, -0.05) is 48.5 Å². The number of allylic oxidation sites excluding steroid dienone is 1. The van der Waals surface area contributed by atoms with E-state index in [9.17, 15) is 10.4 Å². The molecule has 4 aromatic rings. The van der Waals surface area contributed by atoms with Gasteiger partial charge in [0.2, 0.25) is 11.8 Å². The molecule has 0 aliphatic carbocycles. The van der Waals surface area contributed by atoms with E-state index < -0.39 is 17.7 Å². The van der Waals surface area contributed by atoms with E-state index in [-0.39, 0.29) is 0 Å². The van der Waals surface area contributed by atoms with Crippen molar-refractivity contribution in [1.82, 2.24) is 10.3 Å². The summed E-state index contributed by atoms with van der Waals surface area (Å²) in [7, 11) is 0. The normalized spacial score (nSPS) is 22.9. The van der Waals surface area contributed by atoms with Crippen LogP contribution in [0.3, 0.4) is 0 Å². The Bertz CT molecular complexity index is 1350. The van der Waals surface area contributed by atoms with E-state index >= 15 is 0 Å². The molecule has 6 heteroatoms. The molecule has 0 unspecified atom stereocenters. The van der Waals surface area contributed by atoms with E-state index in [1.54, 1.807) is 12.4 Å². The van der Waals surface area contributed by atoms with Crippen molar-refractivity contribution >= 4 is 23.4 Å². The van der Waals surface area contributed by atoms with Crippen molar-refractivity contribution in [3.05, 3.63) is 119 Å². The average Bonchev–Trinajstić information content (AvgIpc) is 2.84. The van der Waals surface area contributed by atoms with Crippen LogP contribution in [0.25, 0.3) is 10.8 Å². The third-order valence-corrected chi connectivity index (χ3v) is 6.40. The van der Waals surface area contributed by atoms with Gasteiger partial charge in [-0.3, -0.25) is 4.98 Å². The van der Waals surface area contributed by atoms with E-state index in [0.29, 0.717) is 16.2 Å². The Hall–Kier alpha value is -3.66. The van der Waals surface area contributed by atoms with Crippen LogP contribution < -0.4 is 9.88 Å². The smallest absolute Gasteiger partial charge is 0.227 e. The molecular weight excluding hydrogens is 416 g/mol. The SMILES string of the molecule is N#CC1=C(S)N[C@@](O)(c2ccccc2)[C@H]([n+]2ccc3ccccc3c2)[C@H]1c1ccncc1. The number of nitriles is 1. The number of pyridine rings is 2. The van der Waals surface area contributed by atoms with E-state index in [0.717, 1.165) is 16.3 Å². The highest BCUT2D eigenvalue weighted by molar-refractivity contribution is 7.84. The fraction of sp³-hybridized carbons (Fsp3) is 0.115. The minimum atomic E-state index is -1.51. The number of thiol groups is 1. The van der Waals surface area contributed by atoms with Crippen LogP contribution in [-0.4, -0.2) is 10.1 Å². The lowest BCUT2D eigenvalue weighted by atomic mass is 9.75. The standard InChI is InChI=1S/C26H20N4OS/c27-16-22-23(19-10-13-28-14-11-19)24(30-15-12-18-6-4-5-7-20(18)17-30)26(31,29-25(22)32)21-8-2-1-3-9-21/h1-15,17,23-24,29,31H/p+1/t23-,24+,26+/m0/s1. The predicted octanol–water partition coefficient (Wildman–Crippen LogP) is 3.96. The first kappa shape index (κ1) is 20.3. The van der Waals surface area contributed by atoms with Crippen LogP contribution in [-0.2, 0) is 5.72 Å². The quantitative estimate of drug-likeness (QED) is 0.335. The van der Waals surface area contributed by atoms with Gasteiger partial charge in [0.25, 0.3) is 0 Å². The summed E-state index contributed by atoms with van der Waals surface area (Å²) >= 11 is 4.58. The van der Waals surface area contributed by atoms with Crippen molar-refractivity contribution < 1.29 is 9.67 Å². The minimum Gasteiger partial charge on any atom is -0.362 e. The van der Waals surface area contributed by atoms with Crippen LogP contribution in [0.4, 0.5) is 0 Å². The van der Waals surface area contributed by atoms with Crippen molar-refractivity contribution in [1.29, 1.82) is 5.26 Å². The zero-order valence-corrected chi connectivity index (χ0v) is 18.0. The molecule has 0 saturated heterocycles. The van der Waals surface area contributed by atoms with Gasteiger partial charge in [-0.25, -0.2) is 0 Å². The lowest BCUT2D eigenvalue weighted by Gasteiger charge is -2.42. The maximum absolute atomic E-state index is 12.2. The fourth-order valence-electron chi connectivity index (χ4n) is 4.56. The molecule has 3 atom stereocenters. The molecule has 0 bridgehead atoms. The zero-order valence-electron chi connectivity index (χ0n) is 17.1. The van der Waals surface area contributed by atoms with Crippen molar-refractivity contribution in [2.45, 2.75) is 17.7 Å². The van der Waals surface area contributed by atoms with Gasteiger partial charge in [0, 0.05) is 29.4 Å². The summed E-state index contributed by atoms with van der Waals surface area (Å²) in [5.41, 5.74) is 0.517. The largest absolute Gasteiger partial charge is 0.362 e. The lowest BCUT2D eigenvalue weighted by Crippen LogP contribution is -2.62. The number of hydrogen-bond donors (Lipinski definition) is 3. The number of aliphatic hydroxyl groups is 1. The Kier molecular flexibility index (Phi) is 5.14. The van der Waals surface area contributed by atoms with E-state index in [1.165, 1.54) is 0 Å². The molecular formula is C26H21N4OS+. The Morgan fingerprint density at radius 2 is 1.66 bits per heavy atom. The highest BCUT2D eigenvalue weighted by atomic mass is 32.1. The molecule has 0 fully saturated rings. The van der Waals surface area contributed by atoms with Crippen molar-refractivity contribution in [2.24, 2.45) is 0 Å². The van der Waals surface area contributed by atoms with Crippen LogP contribution >= 0.6 is 12.6 Å². The van der Waals surface area contributed by atoms with E-state index in [1.807, 2.05) is 83.7 Å². The monoisotopic (exact) mass is 437 g/mol. The van der Waals surface area contributed by atoms with Crippen LogP contribution in [0.2, 0.25) is 0 Å². The molecule has 5 rings (SSSR count). The van der Waals surface area contributed by atoms with Crippen LogP contribution in [0.1, 0.15) is 23.1 Å². The molecule has 2 aromatic heterocycles. The maximum Gasteiger partial charge on any atom is 0.227 e. The minimum absolute atomic E-state index is 0.360. The molecule has 1 aliphatic heterocycles. The number of hydrogen-bond acceptors (Lipinski definition) is 5. The number of benzene rings is 2. The number of aromatic nitrogens is 2. The Morgan fingerprint density at radius 1 is 0.969 bits per heavy atom. The first-order chi connectivity index (χ1) is 15.6. The van der Waals surface area contributed by atoms with Gasteiger partial charge in [-0.2, -0.15) is 9.83 Å². The molecule has 2 N–H and O–H groups in total. The summed E-state index contributed by atoms with van der Waals surface area (Å²) in [6, 6.07) is 25.1. The first-order valence-electron chi connectivity index (χ1n) is 10.3. The first-order valence-corrected chi connectivity index (χ1v) is 10.8. The lowest BCUT2D eigenvalue weighted by molar-refractivity contribution is -0.742. The maximum atomic E-state index is 12.2. The summed E-state index contributed by atoms with van der Waals surface area (Å²) in [6.07, 6.45) is 7.38. The second-order valence-corrected chi connectivity index (χ2v) is 8.30. The van der Waals surface area contributed by atoms with E-state index in [4.69, 9.17) is 0 Å². The number of fused-ring (bicyclic) bond motifs is 1. The molecule has 156 valence electrons. The topological polar surface area (TPSA) is 72.8 Å². The number of rotatable bonds is 3. The molecule has 0 saturated carbocycles. The van der Waals surface area contributed by atoms with Crippen molar-refractivity contribution in [2.75, 3.05) is 0 Å². The molecule has 2 aromatic carbocycles. The predicted molar refractivity (Wildman–Crippen MR) is 125 cm³/mol. The molecule has 32 heavy (non-hydrogen) atoms. The summed E-state index contributed by atoms with van der Waals surface area (Å²) in [4.78, 5) is 4.14. The third kappa shape index (κ3) is 3.32. The van der Waals surface area contributed by atoms with Crippen LogP contribution in [0, 0.1) is 11.3 Å². The van der Waals surface area contributed by atoms with Gasteiger partial charge in [0.15, 0.2) is 12.4 Å². The summed E-state index contributed by atoms with van der Waals surface area (Å²) in [5.74, 6) is -0.451. The average molecular weight is 438 g/mol. The fourth-order valence-corrected chi connectivity index (χ4v) is 4.92. The van der Waals surface area contributed by atoms with Crippen molar-refractivity contribution in [3.8, 4) is 6.07 Å².